The second-order valence-corrected chi connectivity index (χ2v) is 5.95. The van der Waals surface area contributed by atoms with Crippen molar-refractivity contribution >= 4 is 23.6 Å². The smallest absolute Gasteiger partial charge is 0.311 e. The molecule has 6 nitrogen and oxygen atoms in total. The number of carboxylic acids is 1. The minimum absolute atomic E-state index is 0.160. The molecule has 0 aromatic carbocycles. The highest BCUT2D eigenvalue weighted by molar-refractivity contribution is 7.98. The number of nitrogens with zero attached hydrogens (tertiary/aromatic N) is 1. The maximum absolute atomic E-state index is 12.4. The highest BCUT2D eigenvalue weighted by atomic mass is 32.2. The van der Waals surface area contributed by atoms with Crippen LogP contribution in [0, 0.1) is 5.92 Å². The van der Waals surface area contributed by atoms with Crippen LogP contribution >= 0.6 is 11.8 Å². The predicted molar refractivity (Wildman–Crippen MR) is 78.7 cm³/mol. The molecule has 3 N–H and O–H groups in total. The molecule has 20 heavy (non-hydrogen) atoms. The Morgan fingerprint density at radius 1 is 1.50 bits per heavy atom. The van der Waals surface area contributed by atoms with E-state index < -0.39 is 24.0 Å². The largest absolute Gasteiger partial charge is 0.481 e. The van der Waals surface area contributed by atoms with Gasteiger partial charge in [-0.1, -0.05) is 6.92 Å². The van der Waals surface area contributed by atoms with Crippen LogP contribution in [0.25, 0.3) is 0 Å². The fourth-order valence-corrected chi connectivity index (χ4v) is 2.84. The first-order valence-corrected chi connectivity index (χ1v) is 8.27. The van der Waals surface area contributed by atoms with Gasteiger partial charge in [0.1, 0.15) is 5.92 Å². The third-order valence-corrected chi connectivity index (χ3v) is 4.11. The van der Waals surface area contributed by atoms with Crippen LogP contribution in [-0.4, -0.2) is 65.7 Å². The fourth-order valence-electron chi connectivity index (χ4n) is 2.35. The van der Waals surface area contributed by atoms with Gasteiger partial charge in [-0.2, -0.15) is 11.8 Å². The lowest BCUT2D eigenvalue weighted by molar-refractivity contribution is -0.145. The molecule has 116 valence electrons. The Kier molecular flexibility index (Phi) is 7.32. The topological polar surface area (TPSA) is 92.9 Å². The minimum atomic E-state index is -0.918. The van der Waals surface area contributed by atoms with Crippen molar-refractivity contribution in [3.8, 4) is 0 Å². The molecule has 7 heteroatoms. The van der Waals surface area contributed by atoms with Crippen molar-refractivity contribution in [2.45, 2.75) is 31.8 Å². The Labute approximate surface area is 124 Å². The molecule has 2 unspecified atom stereocenters. The Bertz CT molecular complexity index is 340. The van der Waals surface area contributed by atoms with Gasteiger partial charge in [-0.3, -0.25) is 9.59 Å². The van der Waals surface area contributed by atoms with Crippen molar-refractivity contribution in [2.75, 3.05) is 31.8 Å². The number of nitrogens with two attached hydrogens (primary N) is 1. The van der Waals surface area contributed by atoms with Gasteiger partial charge in [-0.15, -0.1) is 0 Å². The van der Waals surface area contributed by atoms with Gasteiger partial charge in [0.2, 0.25) is 5.91 Å². The Morgan fingerprint density at radius 2 is 2.20 bits per heavy atom. The molecular weight excluding hydrogens is 280 g/mol. The number of carboxylic acid groups (broad SMARTS) is 1. The lowest BCUT2D eigenvalue weighted by atomic mass is 10.0. The summed E-state index contributed by atoms with van der Waals surface area (Å²) in [6.07, 6.45) is 3.33. The van der Waals surface area contributed by atoms with Gasteiger partial charge in [0.15, 0.2) is 0 Å². The maximum Gasteiger partial charge on any atom is 0.311 e. The molecule has 0 radical (unpaired) electrons. The van der Waals surface area contributed by atoms with Crippen molar-refractivity contribution < 1.29 is 19.4 Å². The first kappa shape index (κ1) is 17.3. The van der Waals surface area contributed by atoms with Crippen LogP contribution in [0.2, 0.25) is 0 Å². The molecule has 3 atom stereocenters. The minimum Gasteiger partial charge on any atom is -0.481 e. The van der Waals surface area contributed by atoms with Gasteiger partial charge in [0.25, 0.3) is 0 Å². The third kappa shape index (κ3) is 4.36. The summed E-state index contributed by atoms with van der Waals surface area (Å²) in [5.74, 6) is -0.920. The number of aliphatic carboxylic acids is 1. The number of carbonyl (C=O) groups excluding carboxylic acids is 1. The average Bonchev–Trinajstić information content (AvgIpc) is 2.90. The summed E-state index contributed by atoms with van der Waals surface area (Å²) < 4.78 is 5.25. The Balaban J connectivity index is 2.76. The monoisotopic (exact) mass is 304 g/mol. The van der Waals surface area contributed by atoms with E-state index in [1.807, 2.05) is 13.2 Å². The van der Waals surface area contributed by atoms with Gasteiger partial charge in [0, 0.05) is 6.54 Å². The molecule has 1 amide bonds. The molecule has 1 heterocycles. The first-order chi connectivity index (χ1) is 9.52. The van der Waals surface area contributed by atoms with Crippen molar-refractivity contribution in [2.24, 2.45) is 11.7 Å². The molecule has 0 saturated carbocycles. The van der Waals surface area contributed by atoms with E-state index in [0.717, 1.165) is 12.2 Å². The second-order valence-electron chi connectivity index (χ2n) is 4.97. The van der Waals surface area contributed by atoms with Gasteiger partial charge >= 0.3 is 5.97 Å². The van der Waals surface area contributed by atoms with Gasteiger partial charge < -0.3 is 20.5 Å². The van der Waals surface area contributed by atoms with E-state index in [-0.39, 0.29) is 19.1 Å². The highest BCUT2D eigenvalue weighted by Crippen LogP contribution is 2.21. The molecule has 1 aliphatic heterocycles. The summed E-state index contributed by atoms with van der Waals surface area (Å²) in [4.78, 5) is 25.3. The maximum atomic E-state index is 12.4. The Morgan fingerprint density at radius 3 is 2.75 bits per heavy atom. The summed E-state index contributed by atoms with van der Waals surface area (Å²) in [5, 5.41) is 9.21. The summed E-state index contributed by atoms with van der Waals surface area (Å²) in [5.41, 5.74) is 5.93. The lowest BCUT2D eigenvalue weighted by Gasteiger charge is -2.32. The van der Waals surface area contributed by atoms with Crippen LogP contribution in [0.3, 0.4) is 0 Å². The number of hydrogen-bond donors (Lipinski definition) is 2. The van der Waals surface area contributed by atoms with Crippen molar-refractivity contribution in [1.29, 1.82) is 0 Å². The average molecular weight is 304 g/mol. The molecule has 0 bridgehead atoms. The van der Waals surface area contributed by atoms with Crippen LogP contribution < -0.4 is 5.73 Å². The molecular formula is C13H24N2O4S. The number of amides is 1. The first-order valence-electron chi connectivity index (χ1n) is 6.88. The summed E-state index contributed by atoms with van der Waals surface area (Å²) >= 11 is 1.64. The number of ether oxygens (including phenoxy) is 1. The lowest BCUT2D eigenvalue weighted by Crippen LogP contribution is -2.52. The zero-order valence-corrected chi connectivity index (χ0v) is 12.9. The SMILES string of the molecule is CCCN(C(=O)[C@H](N)CCSC)C1COCC1C(=O)O. The van der Waals surface area contributed by atoms with E-state index in [1.54, 1.807) is 16.7 Å². The van der Waals surface area contributed by atoms with Gasteiger partial charge in [0.05, 0.1) is 25.3 Å². The fraction of sp³-hybridized carbons (Fsp3) is 0.846. The second kappa shape index (κ2) is 8.49. The molecule has 0 aromatic rings. The van der Waals surface area contributed by atoms with Crippen LogP contribution in [0.15, 0.2) is 0 Å². The molecule has 0 aliphatic carbocycles. The van der Waals surface area contributed by atoms with Crippen LogP contribution in [-0.2, 0) is 14.3 Å². The zero-order chi connectivity index (χ0) is 15.1. The quantitative estimate of drug-likeness (QED) is 0.674. The number of thioether (sulfide) groups is 1. The zero-order valence-electron chi connectivity index (χ0n) is 12.1. The Hall–Kier alpha value is -0.790. The van der Waals surface area contributed by atoms with Crippen molar-refractivity contribution in [1.82, 2.24) is 4.90 Å². The number of rotatable bonds is 8. The van der Waals surface area contributed by atoms with Crippen LogP contribution in [0.5, 0.6) is 0 Å². The van der Waals surface area contributed by atoms with E-state index in [0.29, 0.717) is 13.0 Å². The molecule has 1 saturated heterocycles. The molecule has 1 fully saturated rings. The van der Waals surface area contributed by atoms with Gasteiger partial charge in [-0.05, 0) is 24.9 Å². The highest BCUT2D eigenvalue weighted by Gasteiger charge is 2.40. The van der Waals surface area contributed by atoms with E-state index in [9.17, 15) is 14.7 Å². The van der Waals surface area contributed by atoms with Gasteiger partial charge in [-0.25, -0.2) is 0 Å². The van der Waals surface area contributed by atoms with E-state index in [1.165, 1.54) is 0 Å². The van der Waals surface area contributed by atoms with E-state index >= 15 is 0 Å². The van der Waals surface area contributed by atoms with E-state index in [4.69, 9.17) is 10.5 Å². The standard InChI is InChI=1S/C13H24N2O4S/c1-3-5-15(12(16)10(14)4-6-20-2)11-8-19-7-9(11)13(17)18/h9-11H,3-8,14H2,1-2H3,(H,17,18)/t9?,10-,11?/m1/s1. The van der Waals surface area contributed by atoms with Crippen molar-refractivity contribution in [3.63, 3.8) is 0 Å². The predicted octanol–water partition coefficient (Wildman–Crippen LogP) is 0.405. The molecule has 1 rings (SSSR count). The number of carbonyl (C=O) groups is 2. The number of hydrogen-bond acceptors (Lipinski definition) is 5. The molecule has 0 spiro atoms. The summed E-state index contributed by atoms with van der Waals surface area (Å²) in [6.45, 7) is 2.91. The third-order valence-electron chi connectivity index (χ3n) is 3.47. The van der Waals surface area contributed by atoms with E-state index in [2.05, 4.69) is 0 Å². The van der Waals surface area contributed by atoms with Crippen LogP contribution in [0.1, 0.15) is 19.8 Å². The summed E-state index contributed by atoms with van der Waals surface area (Å²) in [7, 11) is 0. The van der Waals surface area contributed by atoms with Crippen LogP contribution in [0.4, 0.5) is 0 Å². The van der Waals surface area contributed by atoms with Crippen molar-refractivity contribution in [3.05, 3.63) is 0 Å². The molecule has 0 aromatic heterocycles. The normalized spacial score (nSPS) is 23.6. The molecule has 1 aliphatic rings. The summed E-state index contributed by atoms with van der Waals surface area (Å²) in [6, 6.07) is -0.968.